The molecule has 136 valence electrons. The van der Waals surface area contributed by atoms with Gasteiger partial charge in [-0.15, -0.1) is 0 Å². The Hall–Kier alpha value is -3.93. The van der Waals surface area contributed by atoms with E-state index in [1.54, 1.807) is 42.5 Å². The van der Waals surface area contributed by atoms with E-state index >= 15 is 0 Å². The molecule has 1 aliphatic heterocycles. The van der Waals surface area contributed by atoms with Crippen molar-refractivity contribution in [3.8, 4) is 16.9 Å². The first-order valence-electron chi connectivity index (χ1n) is 8.72. The number of benzene rings is 3. The van der Waals surface area contributed by atoms with E-state index in [9.17, 15) is 19.5 Å². The number of phenolic OH excluding ortho intramolecular Hbond substituents is 1. The van der Waals surface area contributed by atoms with Gasteiger partial charge in [-0.05, 0) is 42.3 Å². The van der Waals surface area contributed by atoms with Gasteiger partial charge in [-0.3, -0.25) is 19.7 Å². The number of aromatic amines is 1. The molecular formula is C22H14N2O4. The van der Waals surface area contributed by atoms with Gasteiger partial charge in [-0.25, -0.2) is 0 Å². The molecule has 2 heterocycles. The molecular weight excluding hydrogens is 356 g/mol. The summed E-state index contributed by atoms with van der Waals surface area (Å²) in [5.41, 5.74) is 3.96. The number of aromatic hydroxyl groups is 1. The Kier molecular flexibility index (Phi) is 3.21. The topological polar surface area (TPSA) is 99.3 Å². The lowest BCUT2D eigenvalue weighted by molar-refractivity contribution is 0.0879. The van der Waals surface area contributed by atoms with E-state index < -0.39 is 11.8 Å². The number of phenols is 1. The Labute approximate surface area is 158 Å². The Morgan fingerprint density at radius 3 is 2.32 bits per heavy atom. The molecule has 3 aromatic carbocycles. The molecule has 3 N–H and O–H groups in total. The van der Waals surface area contributed by atoms with Gasteiger partial charge in [0.1, 0.15) is 5.75 Å². The number of ketones is 1. The molecule has 0 radical (unpaired) electrons. The quantitative estimate of drug-likeness (QED) is 0.369. The lowest BCUT2D eigenvalue weighted by Crippen LogP contribution is -2.20. The number of aromatic nitrogens is 1. The van der Waals surface area contributed by atoms with Crippen LogP contribution in [0.15, 0.2) is 48.5 Å². The van der Waals surface area contributed by atoms with Crippen LogP contribution < -0.4 is 5.32 Å². The SMILES string of the molecule is CC(=O)c1ccc(-c2cc3[nH]c4ccc(O)cc4c3c3c2C(=O)NC3=O)cc1. The predicted octanol–water partition coefficient (Wildman–Crippen LogP) is 3.78. The first-order chi connectivity index (χ1) is 13.4. The van der Waals surface area contributed by atoms with Gasteiger partial charge in [-0.1, -0.05) is 24.3 Å². The van der Waals surface area contributed by atoms with Crippen molar-refractivity contribution in [2.45, 2.75) is 6.92 Å². The second kappa shape index (κ2) is 5.53. The van der Waals surface area contributed by atoms with E-state index in [2.05, 4.69) is 10.3 Å². The predicted molar refractivity (Wildman–Crippen MR) is 105 cm³/mol. The Bertz CT molecular complexity index is 1350. The van der Waals surface area contributed by atoms with Crippen molar-refractivity contribution in [2.75, 3.05) is 0 Å². The van der Waals surface area contributed by atoms with Gasteiger partial charge < -0.3 is 10.1 Å². The summed E-state index contributed by atoms with van der Waals surface area (Å²) in [4.78, 5) is 40.0. The minimum absolute atomic E-state index is 0.0458. The maximum Gasteiger partial charge on any atom is 0.259 e. The average molecular weight is 370 g/mol. The van der Waals surface area contributed by atoms with Gasteiger partial charge >= 0.3 is 0 Å². The number of nitrogens with one attached hydrogen (secondary N) is 2. The van der Waals surface area contributed by atoms with E-state index in [4.69, 9.17) is 0 Å². The summed E-state index contributed by atoms with van der Waals surface area (Å²) in [6, 6.07) is 13.6. The average Bonchev–Trinajstić information content (AvgIpc) is 3.17. The molecule has 5 rings (SSSR count). The van der Waals surface area contributed by atoms with Crippen LogP contribution in [0.3, 0.4) is 0 Å². The molecule has 6 nitrogen and oxygen atoms in total. The maximum absolute atomic E-state index is 12.6. The first-order valence-corrected chi connectivity index (χ1v) is 8.72. The van der Waals surface area contributed by atoms with Gasteiger partial charge in [0.2, 0.25) is 0 Å². The lowest BCUT2D eigenvalue weighted by Gasteiger charge is -2.09. The summed E-state index contributed by atoms with van der Waals surface area (Å²) in [6.07, 6.45) is 0. The molecule has 0 unspecified atom stereocenters. The van der Waals surface area contributed by atoms with Crippen LogP contribution in [0.1, 0.15) is 38.0 Å². The van der Waals surface area contributed by atoms with E-state index in [-0.39, 0.29) is 11.5 Å². The van der Waals surface area contributed by atoms with Gasteiger partial charge in [0.05, 0.1) is 11.1 Å². The van der Waals surface area contributed by atoms with Gasteiger partial charge in [-0.2, -0.15) is 0 Å². The minimum Gasteiger partial charge on any atom is -0.508 e. The molecule has 0 saturated carbocycles. The van der Waals surface area contributed by atoms with Crippen molar-refractivity contribution in [3.63, 3.8) is 0 Å². The normalized spacial score (nSPS) is 13.2. The lowest BCUT2D eigenvalue weighted by atomic mass is 9.92. The van der Waals surface area contributed by atoms with Crippen LogP contribution >= 0.6 is 0 Å². The van der Waals surface area contributed by atoms with Gasteiger partial charge in [0.15, 0.2) is 5.78 Å². The zero-order valence-corrected chi connectivity index (χ0v) is 14.8. The van der Waals surface area contributed by atoms with E-state index in [0.717, 1.165) is 11.1 Å². The fourth-order valence-electron chi connectivity index (χ4n) is 3.86. The van der Waals surface area contributed by atoms with E-state index in [1.165, 1.54) is 6.92 Å². The minimum atomic E-state index is -0.462. The summed E-state index contributed by atoms with van der Waals surface area (Å²) in [6.45, 7) is 1.49. The number of hydrogen-bond acceptors (Lipinski definition) is 4. The highest BCUT2D eigenvalue weighted by molar-refractivity contribution is 6.32. The second-order valence-electron chi connectivity index (χ2n) is 6.87. The highest BCUT2D eigenvalue weighted by atomic mass is 16.3. The number of imide groups is 1. The van der Waals surface area contributed by atoms with Crippen molar-refractivity contribution in [1.82, 2.24) is 10.3 Å². The van der Waals surface area contributed by atoms with Crippen molar-refractivity contribution in [2.24, 2.45) is 0 Å². The molecule has 0 atom stereocenters. The van der Waals surface area contributed by atoms with Crippen molar-refractivity contribution >= 4 is 39.4 Å². The number of hydrogen-bond donors (Lipinski definition) is 3. The van der Waals surface area contributed by atoms with Crippen LogP contribution in [0.4, 0.5) is 0 Å². The molecule has 28 heavy (non-hydrogen) atoms. The van der Waals surface area contributed by atoms with E-state index in [1.807, 2.05) is 6.07 Å². The van der Waals surface area contributed by atoms with Crippen LogP contribution in [0.25, 0.3) is 32.9 Å². The smallest absolute Gasteiger partial charge is 0.259 e. The molecule has 1 aromatic heterocycles. The molecule has 1 aliphatic rings. The van der Waals surface area contributed by atoms with Crippen LogP contribution in [0.5, 0.6) is 5.75 Å². The Morgan fingerprint density at radius 1 is 0.893 bits per heavy atom. The molecule has 0 fully saturated rings. The molecule has 2 amide bonds. The standard InChI is InChI=1S/C22H14N2O4/c1-10(25)11-2-4-12(5-3-11)14-9-17-18(20-19(14)21(27)24-22(20)28)15-8-13(26)6-7-16(15)23-17/h2-9,23,26H,1H3,(H,24,27,28). The van der Waals surface area contributed by atoms with Crippen LogP contribution in [-0.4, -0.2) is 27.7 Å². The number of H-pyrrole nitrogens is 1. The molecule has 0 bridgehead atoms. The van der Waals surface area contributed by atoms with Crippen molar-refractivity contribution < 1.29 is 19.5 Å². The number of carbonyl (C=O) groups is 3. The maximum atomic E-state index is 12.6. The van der Waals surface area contributed by atoms with Crippen LogP contribution in [0.2, 0.25) is 0 Å². The zero-order chi connectivity index (χ0) is 19.6. The third-order valence-electron chi connectivity index (χ3n) is 5.15. The highest BCUT2D eigenvalue weighted by Gasteiger charge is 2.33. The molecule has 0 saturated heterocycles. The molecule has 0 aliphatic carbocycles. The summed E-state index contributed by atoms with van der Waals surface area (Å²) in [7, 11) is 0. The number of amides is 2. The van der Waals surface area contributed by atoms with Crippen molar-refractivity contribution in [1.29, 1.82) is 0 Å². The monoisotopic (exact) mass is 370 g/mol. The highest BCUT2D eigenvalue weighted by Crippen LogP contribution is 2.39. The number of Topliss-reactive ketones (excluding diaryl/α,β-unsaturated/α-hetero) is 1. The van der Waals surface area contributed by atoms with Crippen LogP contribution in [0, 0.1) is 0 Å². The number of rotatable bonds is 2. The number of fused-ring (bicyclic) bond motifs is 5. The number of carbonyl (C=O) groups excluding carboxylic acids is 3. The largest absolute Gasteiger partial charge is 0.508 e. The zero-order valence-electron chi connectivity index (χ0n) is 14.8. The fourth-order valence-corrected chi connectivity index (χ4v) is 3.86. The van der Waals surface area contributed by atoms with Crippen LogP contribution in [-0.2, 0) is 0 Å². The van der Waals surface area contributed by atoms with E-state index in [0.29, 0.717) is 38.5 Å². The summed E-state index contributed by atoms with van der Waals surface area (Å²) in [5.74, 6) is -0.884. The summed E-state index contributed by atoms with van der Waals surface area (Å²) < 4.78 is 0. The summed E-state index contributed by atoms with van der Waals surface area (Å²) in [5, 5.41) is 13.5. The third kappa shape index (κ3) is 2.18. The third-order valence-corrected chi connectivity index (χ3v) is 5.15. The Morgan fingerprint density at radius 2 is 1.61 bits per heavy atom. The Balaban J connectivity index is 1.87. The molecule has 4 aromatic rings. The van der Waals surface area contributed by atoms with Gasteiger partial charge in [0.25, 0.3) is 11.8 Å². The van der Waals surface area contributed by atoms with Gasteiger partial charge in [0, 0.05) is 27.4 Å². The first kappa shape index (κ1) is 16.3. The summed E-state index contributed by atoms with van der Waals surface area (Å²) >= 11 is 0. The second-order valence-corrected chi connectivity index (χ2v) is 6.87. The molecule has 0 spiro atoms. The molecule has 6 heteroatoms. The van der Waals surface area contributed by atoms with Crippen molar-refractivity contribution in [3.05, 3.63) is 65.2 Å². The fraction of sp³-hybridized carbons (Fsp3) is 0.0455.